The van der Waals surface area contributed by atoms with Crippen LogP contribution in [0.15, 0.2) is 0 Å². The van der Waals surface area contributed by atoms with E-state index in [1.54, 1.807) is 0 Å². The van der Waals surface area contributed by atoms with Crippen LogP contribution in [-0.2, 0) is 0 Å². The minimum atomic E-state index is -1.42. The van der Waals surface area contributed by atoms with E-state index in [1.165, 1.54) is 0 Å². The molecule has 0 aliphatic heterocycles. The van der Waals surface area contributed by atoms with E-state index in [0.717, 1.165) is 12.8 Å². The molecule has 1 aliphatic carbocycles. The van der Waals surface area contributed by atoms with Gasteiger partial charge in [-0.25, -0.2) is 0 Å². The highest BCUT2D eigenvalue weighted by Gasteiger charge is 2.27. The predicted molar refractivity (Wildman–Crippen MR) is 37.6 cm³/mol. The van der Waals surface area contributed by atoms with E-state index in [-0.39, 0.29) is 5.82 Å². The third kappa shape index (κ3) is 2.04. The van der Waals surface area contributed by atoms with Crippen LogP contribution in [0.25, 0.3) is 0 Å². The summed E-state index contributed by atoms with van der Waals surface area (Å²) in [5.74, 6) is 0.178. The zero-order valence-corrected chi connectivity index (χ0v) is 5.44. The SMILES string of the molecule is [B]C1CCC([B])(F)CC1. The van der Waals surface area contributed by atoms with E-state index in [9.17, 15) is 4.39 Å². The number of rotatable bonds is 0. The van der Waals surface area contributed by atoms with Crippen LogP contribution in [0.2, 0.25) is 5.82 Å². The summed E-state index contributed by atoms with van der Waals surface area (Å²) >= 11 is 0. The minimum absolute atomic E-state index is 0.178. The first-order valence-electron chi connectivity index (χ1n) is 3.33. The molecule has 4 radical (unpaired) electrons. The molecule has 1 saturated carbocycles. The third-order valence-corrected chi connectivity index (χ3v) is 1.86. The van der Waals surface area contributed by atoms with Crippen molar-refractivity contribution in [1.82, 2.24) is 0 Å². The lowest BCUT2D eigenvalue weighted by molar-refractivity contribution is 0.203. The Bertz CT molecular complexity index is 93.2. The predicted octanol–water partition coefficient (Wildman–Crippen LogP) is 1.35. The molecule has 46 valence electrons. The molecule has 0 aromatic carbocycles. The lowest BCUT2D eigenvalue weighted by Gasteiger charge is -2.29. The molecule has 9 heavy (non-hydrogen) atoms. The Kier molecular flexibility index (Phi) is 1.88. The van der Waals surface area contributed by atoms with E-state index >= 15 is 0 Å². The van der Waals surface area contributed by atoms with Gasteiger partial charge in [0.05, 0.1) is 13.4 Å². The standard InChI is InChI=1S/C6H9B2F/c7-5-1-3-6(8,9)4-2-5/h5H,1-4H2. The van der Waals surface area contributed by atoms with E-state index < -0.39 is 5.57 Å². The van der Waals surface area contributed by atoms with Crippen molar-refractivity contribution in [2.45, 2.75) is 37.1 Å². The molecular weight excluding hydrogens is 113 g/mol. The van der Waals surface area contributed by atoms with E-state index in [0.29, 0.717) is 12.8 Å². The molecule has 0 amide bonds. The average molecular weight is 122 g/mol. The quantitative estimate of drug-likeness (QED) is 0.425. The fourth-order valence-corrected chi connectivity index (χ4v) is 1.12. The topological polar surface area (TPSA) is 0 Å². The second-order valence-electron chi connectivity index (χ2n) is 2.87. The molecule has 1 aliphatic rings. The molecule has 0 nitrogen and oxygen atoms in total. The molecule has 1 rings (SSSR count). The fourth-order valence-electron chi connectivity index (χ4n) is 1.12. The first-order chi connectivity index (χ1) is 4.10. The zero-order chi connectivity index (χ0) is 6.91. The molecule has 0 heterocycles. The van der Waals surface area contributed by atoms with Gasteiger partial charge in [-0.3, -0.25) is 4.39 Å². The number of halogens is 1. The molecular formula is C6H9B2F. The van der Waals surface area contributed by atoms with Crippen molar-refractivity contribution in [1.29, 1.82) is 0 Å². The molecule has 0 atom stereocenters. The Morgan fingerprint density at radius 3 is 2.11 bits per heavy atom. The zero-order valence-electron chi connectivity index (χ0n) is 5.44. The Morgan fingerprint density at radius 2 is 1.78 bits per heavy atom. The normalized spacial score (nSPS) is 44.8. The summed E-state index contributed by atoms with van der Waals surface area (Å²) in [6, 6.07) is 0. The Balaban J connectivity index is 2.35. The van der Waals surface area contributed by atoms with Gasteiger partial charge in [0.1, 0.15) is 7.85 Å². The number of hydrogen-bond donors (Lipinski definition) is 0. The van der Waals surface area contributed by atoms with Gasteiger partial charge in [0, 0.05) is 0 Å². The third-order valence-electron chi connectivity index (χ3n) is 1.86. The first kappa shape index (κ1) is 7.17. The summed E-state index contributed by atoms with van der Waals surface area (Å²) in [4.78, 5) is 0. The summed E-state index contributed by atoms with van der Waals surface area (Å²) in [7, 11) is 10.8. The van der Waals surface area contributed by atoms with E-state index in [4.69, 9.17) is 15.7 Å². The number of alkyl halides is 1. The van der Waals surface area contributed by atoms with Crippen LogP contribution in [0.4, 0.5) is 4.39 Å². The van der Waals surface area contributed by atoms with Gasteiger partial charge < -0.3 is 0 Å². The van der Waals surface area contributed by atoms with Crippen LogP contribution < -0.4 is 0 Å². The second kappa shape index (κ2) is 2.36. The van der Waals surface area contributed by atoms with E-state index in [1.807, 2.05) is 0 Å². The molecule has 0 saturated heterocycles. The second-order valence-corrected chi connectivity index (χ2v) is 2.87. The van der Waals surface area contributed by atoms with Crippen molar-refractivity contribution < 1.29 is 4.39 Å². The van der Waals surface area contributed by atoms with Gasteiger partial charge in [0.25, 0.3) is 0 Å². The average Bonchev–Trinajstić information content (AvgIpc) is 1.78. The highest BCUT2D eigenvalue weighted by Crippen LogP contribution is 2.33. The van der Waals surface area contributed by atoms with Crippen LogP contribution in [0.3, 0.4) is 0 Å². The van der Waals surface area contributed by atoms with Gasteiger partial charge in [0.2, 0.25) is 0 Å². The summed E-state index contributed by atoms with van der Waals surface area (Å²) in [5, 5.41) is 0. The highest BCUT2D eigenvalue weighted by atomic mass is 19.1. The highest BCUT2D eigenvalue weighted by molar-refractivity contribution is 6.15. The molecule has 1 fully saturated rings. The molecule has 0 aromatic rings. The molecule has 0 bridgehead atoms. The lowest BCUT2D eigenvalue weighted by Crippen LogP contribution is -2.27. The van der Waals surface area contributed by atoms with Crippen LogP contribution in [-0.4, -0.2) is 21.3 Å². The molecule has 3 heteroatoms. The van der Waals surface area contributed by atoms with Crippen molar-refractivity contribution in [2.75, 3.05) is 0 Å². The van der Waals surface area contributed by atoms with Gasteiger partial charge in [0.15, 0.2) is 0 Å². The molecule has 0 N–H and O–H groups in total. The maximum absolute atomic E-state index is 12.8. The van der Waals surface area contributed by atoms with Crippen LogP contribution in [0, 0.1) is 0 Å². The van der Waals surface area contributed by atoms with Crippen molar-refractivity contribution in [3.63, 3.8) is 0 Å². The monoisotopic (exact) mass is 122 g/mol. The molecule has 0 aromatic heterocycles. The van der Waals surface area contributed by atoms with E-state index in [2.05, 4.69) is 0 Å². The summed E-state index contributed by atoms with van der Waals surface area (Å²) in [6.45, 7) is 0. The Hall–Kier alpha value is 0.0599. The first-order valence-corrected chi connectivity index (χ1v) is 3.33. The van der Waals surface area contributed by atoms with Crippen LogP contribution in [0.1, 0.15) is 25.7 Å². The van der Waals surface area contributed by atoms with Gasteiger partial charge in [-0.1, -0.05) is 18.7 Å². The molecule has 0 unspecified atom stereocenters. The number of hydrogen-bond acceptors (Lipinski definition) is 0. The summed E-state index contributed by atoms with van der Waals surface area (Å²) < 4.78 is 12.8. The summed E-state index contributed by atoms with van der Waals surface area (Å²) in [6.07, 6.45) is 2.31. The van der Waals surface area contributed by atoms with Gasteiger partial charge in [-0.05, 0) is 12.8 Å². The smallest absolute Gasteiger partial charge is 0.121 e. The van der Waals surface area contributed by atoms with Gasteiger partial charge in [-0.2, -0.15) is 0 Å². The van der Waals surface area contributed by atoms with Crippen molar-refractivity contribution in [3.05, 3.63) is 0 Å². The van der Waals surface area contributed by atoms with Gasteiger partial charge in [-0.15, -0.1) is 0 Å². The van der Waals surface area contributed by atoms with Crippen LogP contribution in [0.5, 0.6) is 0 Å². The summed E-state index contributed by atoms with van der Waals surface area (Å²) in [5.41, 5.74) is -1.42. The maximum Gasteiger partial charge on any atom is 0.121 e. The maximum atomic E-state index is 12.8. The fraction of sp³-hybridized carbons (Fsp3) is 1.00. The Morgan fingerprint density at radius 1 is 1.33 bits per heavy atom. The Labute approximate surface area is 58.0 Å². The van der Waals surface area contributed by atoms with Crippen LogP contribution >= 0.6 is 0 Å². The van der Waals surface area contributed by atoms with Gasteiger partial charge >= 0.3 is 0 Å². The lowest BCUT2D eigenvalue weighted by atomic mass is 9.64. The van der Waals surface area contributed by atoms with Crippen molar-refractivity contribution >= 4 is 15.7 Å². The largest absolute Gasteiger partial charge is 0.255 e. The van der Waals surface area contributed by atoms with Crippen molar-refractivity contribution in [3.8, 4) is 0 Å². The van der Waals surface area contributed by atoms with Crippen molar-refractivity contribution in [2.24, 2.45) is 0 Å². The molecule has 0 spiro atoms. The minimum Gasteiger partial charge on any atom is -0.255 e.